The zero-order chi connectivity index (χ0) is 14.2. The zero-order valence-electron chi connectivity index (χ0n) is 13.4. The Labute approximate surface area is 115 Å². The molecule has 0 N–H and O–H groups in total. The SMILES string of the molecule is C=C(C)CCC=C(C)C.CC1=CC(C)(C)CCC1. The van der Waals surface area contributed by atoms with Gasteiger partial charge in [0.2, 0.25) is 0 Å². The predicted octanol–water partition coefficient (Wildman–Crippen LogP) is 6.45. The fraction of sp³-hybridized carbons (Fsp3) is 0.667. The molecule has 0 aromatic rings. The topological polar surface area (TPSA) is 0 Å². The maximum absolute atomic E-state index is 3.82. The van der Waals surface area contributed by atoms with Crippen LogP contribution in [0.15, 0.2) is 35.5 Å². The lowest BCUT2D eigenvalue weighted by atomic mass is 9.80. The molecule has 0 amide bonds. The van der Waals surface area contributed by atoms with Crippen LogP contribution in [-0.4, -0.2) is 0 Å². The smallest absolute Gasteiger partial charge is 0.0172 e. The molecule has 0 aliphatic heterocycles. The number of allylic oxidation sites excluding steroid dienone is 5. The lowest BCUT2D eigenvalue weighted by molar-refractivity contribution is 0.397. The van der Waals surface area contributed by atoms with E-state index in [1.807, 2.05) is 0 Å². The maximum Gasteiger partial charge on any atom is -0.0172 e. The van der Waals surface area contributed by atoms with Gasteiger partial charge in [0, 0.05) is 0 Å². The highest BCUT2D eigenvalue weighted by Crippen LogP contribution is 2.32. The second-order valence-electron chi connectivity index (χ2n) is 6.61. The van der Waals surface area contributed by atoms with Crippen LogP contribution in [0, 0.1) is 5.41 Å². The molecule has 0 nitrogen and oxygen atoms in total. The van der Waals surface area contributed by atoms with Crippen LogP contribution in [0.25, 0.3) is 0 Å². The van der Waals surface area contributed by atoms with Crippen molar-refractivity contribution in [2.75, 3.05) is 0 Å². The summed E-state index contributed by atoms with van der Waals surface area (Å²) in [5.41, 5.74) is 4.73. The van der Waals surface area contributed by atoms with E-state index in [-0.39, 0.29) is 0 Å². The zero-order valence-corrected chi connectivity index (χ0v) is 13.4. The largest absolute Gasteiger partial charge is 0.100 e. The Balaban J connectivity index is 0.000000321. The third-order valence-electron chi connectivity index (χ3n) is 3.15. The Hall–Kier alpha value is -0.780. The minimum atomic E-state index is 0.488. The van der Waals surface area contributed by atoms with Gasteiger partial charge in [0.1, 0.15) is 0 Å². The fourth-order valence-electron chi connectivity index (χ4n) is 2.24. The van der Waals surface area contributed by atoms with E-state index >= 15 is 0 Å². The van der Waals surface area contributed by atoms with Gasteiger partial charge in [-0.05, 0) is 65.2 Å². The fourth-order valence-corrected chi connectivity index (χ4v) is 2.24. The second-order valence-corrected chi connectivity index (χ2v) is 6.61. The van der Waals surface area contributed by atoms with E-state index in [0.29, 0.717) is 5.41 Å². The summed E-state index contributed by atoms with van der Waals surface area (Å²) in [6.07, 6.45) is 11.0. The van der Waals surface area contributed by atoms with Gasteiger partial charge in [-0.2, -0.15) is 0 Å². The minimum absolute atomic E-state index is 0.488. The van der Waals surface area contributed by atoms with E-state index in [1.165, 1.54) is 30.4 Å². The molecule has 0 spiro atoms. The molecule has 0 fully saturated rings. The van der Waals surface area contributed by atoms with Gasteiger partial charge >= 0.3 is 0 Å². The normalized spacial score (nSPS) is 17.1. The first-order valence-electron chi connectivity index (χ1n) is 7.19. The van der Waals surface area contributed by atoms with Crippen molar-refractivity contribution in [3.8, 4) is 0 Å². The summed E-state index contributed by atoms with van der Waals surface area (Å²) in [5, 5.41) is 0. The van der Waals surface area contributed by atoms with E-state index in [2.05, 4.69) is 60.3 Å². The average Bonchev–Trinajstić information content (AvgIpc) is 2.14. The molecule has 0 aromatic heterocycles. The van der Waals surface area contributed by atoms with Gasteiger partial charge in [0.05, 0.1) is 0 Å². The first-order chi connectivity index (χ1) is 8.23. The lowest BCUT2D eigenvalue weighted by Crippen LogP contribution is -2.11. The van der Waals surface area contributed by atoms with Crippen LogP contribution >= 0.6 is 0 Å². The van der Waals surface area contributed by atoms with Crippen LogP contribution in [-0.2, 0) is 0 Å². The van der Waals surface area contributed by atoms with Gasteiger partial charge in [-0.3, -0.25) is 0 Å². The molecule has 1 rings (SSSR count). The summed E-state index contributed by atoms with van der Waals surface area (Å²) in [6.45, 7) is 17.0. The molecule has 0 heteroatoms. The van der Waals surface area contributed by atoms with Crippen LogP contribution in [0.3, 0.4) is 0 Å². The van der Waals surface area contributed by atoms with Crippen molar-refractivity contribution in [1.82, 2.24) is 0 Å². The molecular weight excluding hydrogens is 216 g/mol. The Morgan fingerprint density at radius 2 is 1.94 bits per heavy atom. The van der Waals surface area contributed by atoms with Crippen LogP contribution in [0.1, 0.15) is 73.6 Å². The number of hydrogen-bond acceptors (Lipinski definition) is 0. The molecule has 104 valence electrons. The molecule has 0 saturated carbocycles. The predicted molar refractivity (Wildman–Crippen MR) is 84.9 cm³/mol. The molecule has 0 saturated heterocycles. The van der Waals surface area contributed by atoms with E-state index in [9.17, 15) is 0 Å². The van der Waals surface area contributed by atoms with Crippen LogP contribution in [0.4, 0.5) is 0 Å². The summed E-state index contributed by atoms with van der Waals surface area (Å²) in [5.74, 6) is 0. The van der Waals surface area contributed by atoms with Crippen molar-refractivity contribution in [2.45, 2.75) is 73.6 Å². The molecule has 0 bridgehead atoms. The Bertz CT molecular complexity index is 309. The van der Waals surface area contributed by atoms with Crippen molar-refractivity contribution < 1.29 is 0 Å². The van der Waals surface area contributed by atoms with Crippen molar-refractivity contribution in [3.63, 3.8) is 0 Å². The standard InChI is InChI=1S/2C9H16/c1-8-5-4-6-9(2,3)7-8;1-8(2)6-5-7-9(3)4/h7H,4-6H2,1-3H3;7H,1,5-6H2,2-4H3. The van der Waals surface area contributed by atoms with Gasteiger partial charge < -0.3 is 0 Å². The van der Waals surface area contributed by atoms with E-state index < -0.39 is 0 Å². The Morgan fingerprint density at radius 3 is 2.28 bits per heavy atom. The summed E-state index contributed by atoms with van der Waals surface area (Å²) in [4.78, 5) is 0. The first kappa shape index (κ1) is 17.2. The first-order valence-corrected chi connectivity index (χ1v) is 7.19. The highest BCUT2D eigenvalue weighted by molar-refractivity contribution is 5.08. The number of rotatable bonds is 3. The maximum atomic E-state index is 3.82. The van der Waals surface area contributed by atoms with Gasteiger partial charge in [0.15, 0.2) is 0 Å². The average molecular weight is 248 g/mol. The second kappa shape index (κ2) is 8.34. The summed E-state index contributed by atoms with van der Waals surface area (Å²) in [7, 11) is 0. The molecule has 1 aliphatic carbocycles. The molecule has 0 aromatic carbocycles. The molecule has 18 heavy (non-hydrogen) atoms. The minimum Gasteiger partial charge on any atom is -0.100 e. The van der Waals surface area contributed by atoms with Gasteiger partial charge in [0.25, 0.3) is 0 Å². The van der Waals surface area contributed by atoms with E-state index in [1.54, 1.807) is 5.57 Å². The van der Waals surface area contributed by atoms with E-state index in [4.69, 9.17) is 0 Å². The number of hydrogen-bond donors (Lipinski definition) is 0. The van der Waals surface area contributed by atoms with Crippen molar-refractivity contribution >= 4 is 0 Å². The molecular formula is C18H32. The lowest BCUT2D eigenvalue weighted by Gasteiger charge is -2.25. The van der Waals surface area contributed by atoms with Crippen molar-refractivity contribution in [1.29, 1.82) is 0 Å². The van der Waals surface area contributed by atoms with Crippen LogP contribution < -0.4 is 0 Å². The van der Waals surface area contributed by atoms with Gasteiger partial charge in [-0.15, -0.1) is 6.58 Å². The molecule has 0 unspecified atom stereocenters. The van der Waals surface area contributed by atoms with E-state index in [0.717, 1.165) is 12.8 Å². The Morgan fingerprint density at radius 1 is 1.33 bits per heavy atom. The monoisotopic (exact) mass is 248 g/mol. The molecule has 0 atom stereocenters. The third-order valence-corrected chi connectivity index (χ3v) is 3.15. The molecule has 0 radical (unpaired) electrons. The van der Waals surface area contributed by atoms with Crippen LogP contribution in [0.5, 0.6) is 0 Å². The highest BCUT2D eigenvalue weighted by Gasteiger charge is 2.17. The Kier molecular flexibility index (Phi) is 7.98. The highest BCUT2D eigenvalue weighted by atomic mass is 14.2. The van der Waals surface area contributed by atoms with Crippen LogP contribution in [0.2, 0.25) is 0 Å². The summed E-state index contributed by atoms with van der Waals surface area (Å²) < 4.78 is 0. The summed E-state index contributed by atoms with van der Waals surface area (Å²) in [6, 6.07) is 0. The van der Waals surface area contributed by atoms with Gasteiger partial charge in [-0.1, -0.05) is 42.7 Å². The third kappa shape index (κ3) is 10.4. The van der Waals surface area contributed by atoms with Gasteiger partial charge in [-0.25, -0.2) is 0 Å². The molecule has 0 heterocycles. The van der Waals surface area contributed by atoms with Crippen molar-refractivity contribution in [3.05, 3.63) is 35.5 Å². The quantitative estimate of drug-likeness (QED) is 0.503. The summed E-state index contributed by atoms with van der Waals surface area (Å²) >= 11 is 0. The molecule has 1 aliphatic rings. The van der Waals surface area contributed by atoms with Crippen molar-refractivity contribution in [2.24, 2.45) is 5.41 Å².